The van der Waals surface area contributed by atoms with E-state index in [0.717, 1.165) is 23.9 Å². The largest absolute Gasteiger partial charge is 0.493 e. The molecule has 5 rings (SSSR count). The third-order valence-corrected chi connectivity index (χ3v) is 5.04. The molecule has 1 saturated carbocycles. The Bertz CT molecular complexity index is 1380. The third kappa shape index (κ3) is 3.57. The summed E-state index contributed by atoms with van der Waals surface area (Å²) in [6.45, 7) is 2.07. The van der Waals surface area contributed by atoms with E-state index in [-0.39, 0.29) is 17.6 Å². The smallest absolute Gasteiger partial charge is 0.326 e. The van der Waals surface area contributed by atoms with Crippen molar-refractivity contribution in [3.05, 3.63) is 75.0 Å². The quantitative estimate of drug-likeness (QED) is 0.399. The van der Waals surface area contributed by atoms with E-state index in [2.05, 4.69) is 39.4 Å². The molecule has 0 radical (unpaired) electrons. The Balaban J connectivity index is 1.63. The first-order valence-corrected chi connectivity index (χ1v) is 9.84. The minimum Gasteiger partial charge on any atom is -0.493 e. The Labute approximate surface area is 170 Å². The molecule has 152 valence electrons. The number of fused-ring (bicyclic) bond motifs is 1. The van der Waals surface area contributed by atoms with E-state index in [4.69, 9.17) is 9.98 Å². The van der Waals surface area contributed by atoms with Gasteiger partial charge in [0.2, 0.25) is 5.88 Å². The van der Waals surface area contributed by atoms with E-state index < -0.39 is 5.69 Å². The average Bonchev–Trinajstić information content (AvgIpc) is 3.37. The minimum absolute atomic E-state index is 0.0512. The fourth-order valence-corrected chi connectivity index (χ4v) is 3.32. The van der Waals surface area contributed by atoms with E-state index in [9.17, 15) is 9.90 Å². The molecule has 4 N–H and O–H groups in total. The minimum atomic E-state index is -0.480. The van der Waals surface area contributed by atoms with Crippen LogP contribution in [0.15, 0.2) is 52.4 Å². The van der Waals surface area contributed by atoms with Gasteiger partial charge in [0, 0.05) is 17.3 Å². The molecule has 0 spiro atoms. The maximum Gasteiger partial charge on any atom is 0.326 e. The zero-order chi connectivity index (χ0) is 20.7. The average molecular weight is 403 g/mol. The SMILES string of the molecule is CC(Nc1cc(=NC2CC2)n2nc/c(=C\c3[nH]c(=O)[nH]c3O)c2n1)c1ccccc1. The van der Waals surface area contributed by atoms with Crippen molar-refractivity contribution in [2.45, 2.75) is 31.8 Å². The molecule has 1 aliphatic carbocycles. The molecule has 1 atom stereocenters. The summed E-state index contributed by atoms with van der Waals surface area (Å²) in [4.78, 5) is 25.8. The maximum absolute atomic E-state index is 11.4. The number of aromatic amines is 2. The molecule has 0 saturated heterocycles. The van der Waals surface area contributed by atoms with Crippen molar-refractivity contribution in [1.29, 1.82) is 0 Å². The zero-order valence-corrected chi connectivity index (χ0v) is 16.3. The number of nitrogens with one attached hydrogen (secondary N) is 3. The topological polar surface area (TPSA) is 123 Å². The van der Waals surface area contributed by atoms with Crippen LogP contribution in [0.5, 0.6) is 5.88 Å². The summed E-state index contributed by atoms with van der Waals surface area (Å²) >= 11 is 0. The number of aromatic hydroxyl groups is 1. The van der Waals surface area contributed by atoms with E-state index in [1.54, 1.807) is 16.8 Å². The van der Waals surface area contributed by atoms with Crippen molar-refractivity contribution in [3.8, 4) is 5.88 Å². The molecular formula is C21H21N7O2. The summed E-state index contributed by atoms with van der Waals surface area (Å²) in [5.74, 6) is 0.453. The molecular weight excluding hydrogens is 382 g/mol. The van der Waals surface area contributed by atoms with E-state index >= 15 is 0 Å². The monoisotopic (exact) mass is 403 g/mol. The van der Waals surface area contributed by atoms with Gasteiger partial charge in [-0.25, -0.2) is 9.78 Å². The number of hydrogen-bond acceptors (Lipinski definition) is 6. The number of anilines is 1. The van der Waals surface area contributed by atoms with Crippen molar-refractivity contribution >= 4 is 17.5 Å². The van der Waals surface area contributed by atoms with Crippen LogP contribution in [0.3, 0.4) is 0 Å². The van der Waals surface area contributed by atoms with Crippen LogP contribution in [-0.4, -0.2) is 35.7 Å². The van der Waals surface area contributed by atoms with Crippen LogP contribution in [0.4, 0.5) is 5.82 Å². The van der Waals surface area contributed by atoms with Crippen molar-refractivity contribution in [1.82, 2.24) is 24.6 Å². The second-order valence-electron chi connectivity index (χ2n) is 7.46. The Morgan fingerprint density at radius 3 is 2.80 bits per heavy atom. The van der Waals surface area contributed by atoms with Gasteiger partial charge >= 0.3 is 5.69 Å². The molecule has 3 heterocycles. The Kier molecular flexibility index (Phi) is 4.35. The lowest BCUT2D eigenvalue weighted by Crippen LogP contribution is -2.21. The van der Waals surface area contributed by atoms with Gasteiger partial charge in [0.1, 0.15) is 11.5 Å². The first-order valence-electron chi connectivity index (χ1n) is 9.84. The maximum atomic E-state index is 11.4. The fourth-order valence-electron chi connectivity index (χ4n) is 3.32. The van der Waals surface area contributed by atoms with Gasteiger partial charge in [0.25, 0.3) is 0 Å². The van der Waals surface area contributed by atoms with Gasteiger partial charge < -0.3 is 15.4 Å². The standard InChI is InChI=1S/C21H21N7O2/c1-12(13-5-3-2-4-6-13)23-17-10-18(24-15-7-8-15)28-19(26-17)14(11-22-28)9-16-20(29)27-21(30)25-16/h2-6,9-12,15,23,29H,7-8H2,1H3,(H2,25,27,30)/b14-9+,24-18?. The highest BCUT2D eigenvalue weighted by molar-refractivity contribution is 5.58. The lowest BCUT2D eigenvalue weighted by atomic mass is 10.1. The Hall–Kier alpha value is -3.88. The van der Waals surface area contributed by atoms with Gasteiger partial charge in [0.05, 0.1) is 12.2 Å². The molecule has 1 aliphatic rings. The van der Waals surface area contributed by atoms with Gasteiger partial charge in [-0.2, -0.15) is 9.61 Å². The molecule has 1 aromatic carbocycles. The summed E-state index contributed by atoms with van der Waals surface area (Å²) in [5.41, 5.74) is 2.24. The van der Waals surface area contributed by atoms with Crippen LogP contribution >= 0.6 is 0 Å². The summed E-state index contributed by atoms with van der Waals surface area (Å²) < 4.78 is 1.68. The molecule has 9 nitrogen and oxygen atoms in total. The second kappa shape index (κ2) is 7.18. The zero-order valence-electron chi connectivity index (χ0n) is 16.3. The molecule has 1 fully saturated rings. The fraction of sp³-hybridized carbons (Fsp3) is 0.238. The Morgan fingerprint density at radius 2 is 2.10 bits per heavy atom. The highest BCUT2D eigenvalue weighted by Crippen LogP contribution is 2.23. The van der Waals surface area contributed by atoms with Crippen LogP contribution in [0, 0.1) is 0 Å². The normalized spacial score (nSPS) is 16.3. The predicted molar refractivity (Wildman–Crippen MR) is 112 cm³/mol. The number of hydrogen-bond donors (Lipinski definition) is 4. The van der Waals surface area contributed by atoms with Crippen molar-refractivity contribution < 1.29 is 5.11 Å². The third-order valence-electron chi connectivity index (χ3n) is 5.04. The molecule has 4 aromatic rings. The summed E-state index contributed by atoms with van der Waals surface area (Å²) in [5, 5.41) is 18.4. The van der Waals surface area contributed by atoms with Gasteiger partial charge in [-0.15, -0.1) is 0 Å². The summed E-state index contributed by atoms with van der Waals surface area (Å²) in [7, 11) is 0. The lowest BCUT2D eigenvalue weighted by molar-refractivity contribution is 0.454. The number of rotatable bonds is 5. The van der Waals surface area contributed by atoms with Crippen LogP contribution < -0.4 is 21.7 Å². The van der Waals surface area contributed by atoms with Gasteiger partial charge in [0.15, 0.2) is 11.1 Å². The summed E-state index contributed by atoms with van der Waals surface area (Å²) in [6, 6.07) is 12.4. The molecule has 3 aromatic heterocycles. The van der Waals surface area contributed by atoms with Crippen LogP contribution in [0.25, 0.3) is 11.7 Å². The first kappa shape index (κ1) is 18.2. The van der Waals surface area contributed by atoms with Crippen LogP contribution in [-0.2, 0) is 0 Å². The van der Waals surface area contributed by atoms with Crippen molar-refractivity contribution in [3.63, 3.8) is 0 Å². The molecule has 0 amide bonds. The number of nitrogens with zero attached hydrogens (tertiary/aromatic N) is 4. The number of H-pyrrole nitrogens is 2. The van der Waals surface area contributed by atoms with E-state index in [0.29, 0.717) is 22.7 Å². The van der Waals surface area contributed by atoms with Crippen LogP contribution in [0.2, 0.25) is 0 Å². The van der Waals surface area contributed by atoms with E-state index in [1.165, 1.54) is 0 Å². The first-order chi connectivity index (χ1) is 14.6. The van der Waals surface area contributed by atoms with Crippen molar-refractivity contribution in [2.75, 3.05) is 5.32 Å². The number of aromatic nitrogens is 5. The van der Waals surface area contributed by atoms with Gasteiger partial charge in [-0.3, -0.25) is 9.98 Å². The molecule has 0 aliphatic heterocycles. The van der Waals surface area contributed by atoms with Crippen LogP contribution in [0.1, 0.15) is 37.1 Å². The highest BCUT2D eigenvalue weighted by atomic mass is 16.3. The van der Waals surface area contributed by atoms with Gasteiger partial charge in [-0.05, 0) is 31.4 Å². The molecule has 30 heavy (non-hydrogen) atoms. The molecule has 0 bridgehead atoms. The lowest BCUT2D eigenvalue weighted by Gasteiger charge is -2.15. The molecule has 9 heteroatoms. The van der Waals surface area contributed by atoms with Gasteiger partial charge in [-0.1, -0.05) is 30.3 Å². The van der Waals surface area contributed by atoms with E-state index in [1.807, 2.05) is 24.3 Å². The predicted octanol–water partition coefficient (Wildman–Crippen LogP) is 1.24. The number of benzene rings is 1. The van der Waals surface area contributed by atoms with Crippen molar-refractivity contribution in [2.24, 2.45) is 4.99 Å². The second-order valence-corrected chi connectivity index (χ2v) is 7.46. The molecule has 1 unspecified atom stereocenters. The highest BCUT2D eigenvalue weighted by Gasteiger charge is 2.20. The number of imidazole rings is 1. The summed E-state index contributed by atoms with van der Waals surface area (Å²) in [6.07, 6.45) is 5.43. The Morgan fingerprint density at radius 1 is 1.30 bits per heavy atom.